The number of aryl methyl sites for hydroxylation is 1. The van der Waals surface area contributed by atoms with E-state index in [9.17, 15) is 10.1 Å². The quantitative estimate of drug-likeness (QED) is 0.429. The molecule has 1 N–H and O–H groups in total. The molecule has 0 amide bonds. The van der Waals surface area contributed by atoms with Crippen molar-refractivity contribution < 1.29 is 9.21 Å². The number of furan rings is 1. The summed E-state index contributed by atoms with van der Waals surface area (Å²) >= 11 is 5.81. The Morgan fingerprint density at radius 3 is 2.58 bits per heavy atom. The van der Waals surface area contributed by atoms with Gasteiger partial charge in [-0.1, -0.05) is 29.8 Å². The van der Waals surface area contributed by atoms with Gasteiger partial charge in [0.25, 0.3) is 5.78 Å². The number of carbonyl (C=O) groups excluding carboxylic acids is 1. The van der Waals surface area contributed by atoms with Crippen molar-refractivity contribution in [2.24, 2.45) is 5.10 Å². The van der Waals surface area contributed by atoms with E-state index in [-0.39, 0.29) is 11.5 Å². The molecule has 0 unspecified atom stereocenters. The van der Waals surface area contributed by atoms with Crippen LogP contribution in [0.1, 0.15) is 16.1 Å². The zero-order valence-electron chi connectivity index (χ0n) is 12.7. The number of nitrogens with one attached hydrogen (secondary N) is 1. The largest absolute Gasteiger partial charge is 0.452 e. The average Bonchev–Trinajstić information content (AvgIpc) is 2.94. The first-order valence-electron chi connectivity index (χ1n) is 7.12. The van der Waals surface area contributed by atoms with E-state index in [2.05, 4.69) is 10.5 Å². The predicted octanol–water partition coefficient (Wildman–Crippen LogP) is 4.57. The van der Waals surface area contributed by atoms with Crippen molar-refractivity contribution in [2.45, 2.75) is 6.92 Å². The molecule has 0 spiro atoms. The summed E-state index contributed by atoms with van der Waals surface area (Å²) in [5, 5.41) is 14.5. The lowest BCUT2D eigenvalue weighted by atomic mass is 10.1. The number of Topliss-reactive ketones (excluding diaryl/α,β-unsaturated/α-hetero) is 1. The molecule has 118 valence electrons. The van der Waals surface area contributed by atoms with Gasteiger partial charge in [0.1, 0.15) is 11.7 Å². The molecular formula is C18H12ClN3O2. The topological polar surface area (TPSA) is 78.4 Å². The summed E-state index contributed by atoms with van der Waals surface area (Å²) in [6.45, 7) is 1.78. The predicted molar refractivity (Wildman–Crippen MR) is 93.4 cm³/mol. The van der Waals surface area contributed by atoms with Crippen molar-refractivity contribution in [3.63, 3.8) is 0 Å². The van der Waals surface area contributed by atoms with Gasteiger partial charge in [0, 0.05) is 16.0 Å². The summed E-state index contributed by atoms with van der Waals surface area (Å²) in [5.41, 5.74) is 4.28. The summed E-state index contributed by atoms with van der Waals surface area (Å²) < 4.78 is 5.58. The fourth-order valence-corrected chi connectivity index (χ4v) is 2.40. The molecule has 2 aromatic carbocycles. The Labute approximate surface area is 143 Å². The van der Waals surface area contributed by atoms with Crippen LogP contribution in [0.2, 0.25) is 5.02 Å². The molecular weight excluding hydrogens is 326 g/mol. The molecule has 0 saturated heterocycles. The monoisotopic (exact) mass is 337 g/mol. The third kappa shape index (κ3) is 3.00. The summed E-state index contributed by atoms with van der Waals surface area (Å²) in [6.07, 6.45) is 0. The van der Waals surface area contributed by atoms with Crippen molar-refractivity contribution in [3.8, 4) is 6.07 Å². The van der Waals surface area contributed by atoms with E-state index in [0.29, 0.717) is 21.9 Å². The summed E-state index contributed by atoms with van der Waals surface area (Å²) in [6, 6.07) is 15.9. The number of halogens is 1. The minimum Gasteiger partial charge on any atom is -0.452 e. The number of ketones is 1. The molecule has 24 heavy (non-hydrogen) atoms. The van der Waals surface area contributed by atoms with E-state index in [1.807, 2.05) is 18.2 Å². The maximum atomic E-state index is 12.5. The van der Waals surface area contributed by atoms with Crippen LogP contribution in [0, 0.1) is 18.3 Å². The van der Waals surface area contributed by atoms with E-state index in [0.717, 1.165) is 5.39 Å². The number of hydrogen-bond donors (Lipinski definition) is 1. The highest BCUT2D eigenvalue weighted by molar-refractivity contribution is 6.51. The van der Waals surface area contributed by atoms with Gasteiger partial charge in [-0.05, 0) is 37.3 Å². The van der Waals surface area contributed by atoms with Gasteiger partial charge in [-0.2, -0.15) is 10.4 Å². The molecule has 5 nitrogen and oxygen atoms in total. The van der Waals surface area contributed by atoms with Crippen LogP contribution in [0.4, 0.5) is 5.69 Å². The third-order valence-corrected chi connectivity index (χ3v) is 3.76. The lowest BCUT2D eigenvalue weighted by Gasteiger charge is -2.01. The number of anilines is 1. The molecule has 0 atom stereocenters. The first-order valence-corrected chi connectivity index (χ1v) is 7.50. The second-order valence-electron chi connectivity index (χ2n) is 5.07. The molecule has 0 saturated carbocycles. The Kier molecular flexibility index (Phi) is 4.32. The zero-order valence-corrected chi connectivity index (χ0v) is 13.5. The first kappa shape index (κ1) is 15.8. The average molecular weight is 338 g/mol. The molecule has 0 aliphatic heterocycles. The Balaban J connectivity index is 1.90. The van der Waals surface area contributed by atoms with E-state index in [4.69, 9.17) is 16.0 Å². The Morgan fingerprint density at radius 2 is 1.92 bits per heavy atom. The molecule has 0 aliphatic rings. The summed E-state index contributed by atoms with van der Waals surface area (Å²) in [7, 11) is 0. The molecule has 3 aromatic rings. The number of para-hydroxylation sites is 1. The van der Waals surface area contributed by atoms with Crippen LogP contribution in [0.25, 0.3) is 11.0 Å². The zero-order chi connectivity index (χ0) is 17.1. The van der Waals surface area contributed by atoms with Gasteiger partial charge in [-0.3, -0.25) is 10.2 Å². The second-order valence-corrected chi connectivity index (χ2v) is 5.51. The number of fused-ring (bicyclic) bond motifs is 1. The highest BCUT2D eigenvalue weighted by atomic mass is 35.5. The van der Waals surface area contributed by atoms with E-state index < -0.39 is 5.78 Å². The van der Waals surface area contributed by atoms with Crippen molar-refractivity contribution in [1.29, 1.82) is 5.26 Å². The van der Waals surface area contributed by atoms with Crippen LogP contribution in [0.15, 0.2) is 58.0 Å². The number of carbonyl (C=O) groups is 1. The highest BCUT2D eigenvalue weighted by Crippen LogP contribution is 2.25. The maximum absolute atomic E-state index is 12.5. The molecule has 0 fully saturated rings. The number of hydrazone groups is 1. The number of hydrogen-bond acceptors (Lipinski definition) is 5. The van der Waals surface area contributed by atoms with Gasteiger partial charge >= 0.3 is 0 Å². The minimum absolute atomic E-state index is 0.120. The Bertz CT molecular complexity index is 982. The lowest BCUT2D eigenvalue weighted by Crippen LogP contribution is -2.14. The van der Waals surface area contributed by atoms with Crippen molar-refractivity contribution in [3.05, 3.63) is 64.9 Å². The number of rotatable bonds is 4. The molecule has 1 heterocycles. The van der Waals surface area contributed by atoms with Crippen LogP contribution in [0.5, 0.6) is 0 Å². The van der Waals surface area contributed by atoms with E-state index in [1.165, 1.54) is 0 Å². The highest BCUT2D eigenvalue weighted by Gasteiger charge is 2.22. The van der Waals surface area contributed by atoms with Crippen LogP contribution in [-0.2, 0) is 0 Å². The van der Waals surface area contributed by atoms with Gasteiger partial charge in [-0.25, -0.2) is 0 Å². The molecule has 0 aliphatic carbocycles. The van der Waals surface area contributed by atoms with Crippen molar-refractivity contribution in [2.75, 3.05) is 5.43 Å². The molecule has 3 rings (SSSR count). The standard InChI is InChI=1S/C18H12ClN3O2/c1-11-14-4-2-3-5-16(14)24-18(11)17(23)15(10-20)22-21-13-8-6-12(19)7-9-13/h2-9,21H,1H3/b22-15+. The minimum atomic E-state index is -0.562. The lowest BCUT2D eigenvalue weighted by molar-refractivity contribution is 0.104. The summed E-state index contributed by atoms with van der Waals surface area (Å²) in [5.74, 6) is -0.443. The number of benzene rings is 2. The number of nitriles is 1. The Hall–Kier alpha value is -3.10. The second kappa shape index (κ2) is 6.57. The fraction of sp³-hybridized carbons (Fsp3) is 0.0556. The van der Waals surface area contributed by atoms with Crippen LogP contribution < -0.4 is 5.43 Å². The van der Waals surface area contributed by atoms with Crippen molar-refractivity contribution >= 4 is 39.8 Å². The molecule has 0 bridgehead atoms. The number of nitrogens with zero attached hydrogens (tertiary/aromatic N) is 2. The van der Waals surface area contributed by atoms with Crippen molar-refractivity contribution in [1.82, 2.24) is 0 Å². The fourth-order valence-electron chi connectivity index (χ4n) is 2.27. The van der Waals surface area contributed by atoms with E-state index in [1.54, 1.807) is 43.3 Å². The van der Waals surface area contributed by atoms with Crippen LogP contribution in [-0.4, -0.2) is 11.5 Å². The molecule has 6 heteroatoms. The van der Waals surface area contributed by atoms with Gasteiger partial charge in [0.15, 0.2) is 5.76 Å². The third-order valence-electron chi connectivity index (χ3n) is 3.51. The first-order chi connectivity index (χ1) is 11.6. The van der Waals surface area contributed by atoms with Gasteiger partial charge in [0.2, 0.25) is 5.71 Å². The smallest absolute Gasteiger partial charge is 0.259 e. The molecule has 0 radical (unpaired) electrons. The van der Waals surface area contributed by atoms with E-state index >= 15 is 0 Å². The van der Waals surface area contributed by atoms with Gasteiger partial charge in [-0.15, -0.1) is 0 Å². The van der Waals surface area contributed by atoms with Gasteiger partial charge in [0.05, 0.1) is 5.69 Å². The maximum Gasteiger partial charge on any atom is 0.259 e. The summed E-state index contributed by atoms with van der Waals surface area (Å²) in [4.78, 5) is 12.5. The van der Waals surface area contributed by atoms with Crippen LogP contribution >= 0.6 is 11.6 Å². The van der Waals surface area contributed by atoms with Gasteiger partial charge < -0.3 is 4.42 Å². The van der Waals surface area contributed by atoms with Crippen LogP contribution in [0.3, 0.4) is 0 Å². The Morgan fingerprint density at radius 1 is 1.21 bits per heavy atom. The SMILES string of the molecule is Cc1c(C(=O)/C(C#N)=N/Nc2ccc(Cl)cc2)oc2ccccc12. The normalized spacial score (nSPS) is 11.3. The molecule has 1 aromatic heterocycles.